The van der Waals surface area contributed by atoms with Crippen LogP contribution in [0.5, 0.6) is 0 Å². The maximum Gasteiger partial charge on any atom is 0.317 e. The summed E-state index contributed by atoms with van der Waals surface area (Å²) in [5.41, 5.74) is 2.10. The van der Waals surface area contributed by atoms with Crippen LogP contribution in [0.1, 0.15) is 34.3 Å². The number of anilines is 1. The van der Waals surface area contributed by atoms with Crippen LogP contribution in [0.15, 0.2) is 60.5 Å². The van der Waals surface area contributed by atoms with Crippen molar-refractivity contribution in [1.29, 1.82) is 0 Å². The number of carbonyl (C=O) groups excluding carboxylic acids is 2. The number of carbonyl (C=O) groups is 2. The Kier molecular flexibility index (Phi) is 7.59. The maximum atomic E-state index is 13.9. The van der Waals surface area contributed by atoms with E-state index in [1.54, 1.807) is 40.6 Å². The van der Waals surface area contributed by atoms with Crippen LogP contribution in [0.3, 0.4) is 0 Å². The number of hydrogen-bond acceptors (Lipinski definition) is 4. The van der Waals surface area contributed by atoms with Crippen LogP contribution >= 0.6 is 22.9 Å². The van der Waals surface area contributed by atoms with Crippen molar-refractivity contribution >= 4 is 40.6 Å². The van der Waals surface area contributed by atoms with Crippen LogP contribution in [0.4, 0.5) is 14.9 Å². The molecule has 176 valence electrons. The second kappa shape index (κ2) is 10.8. The number of likely N-dealkylation sites (tertiary alicyclic amines) is 1. The Morgan fingerprint density at radius 2 is 1.94 bits per heavy atom. The Morgan fingerprint density at radius 3 is 2.65 bits per heavy atom. The van der Waals surface area contributed by atoms with Gasteiger partial charge in [-0.3, -0.25) is 4.79 Å². The van der Waals surface area contributed by atoms with E-state index in [1.807, 2.05) is 0 Å². The number of aromatic nitrogens is 1. The van der Waals surface area contributed by atoms with Crippen molar-refractivity contribution in [2.24, 2.45) is 0 Å². The van der Waals surface area contributed by atoms with Crippen molar-refractivity contribution in [2.45, 2.75) is 18.8 Å². The van der Waals surface area contributed by atoms with E-state index in [9.17, 15) is 14.0 Å². The smallest absolute Gasteiger partial charge is 0.317 e. The summed E-state index contributed by atoms with van der Waals surface area (Å²) in [6.45, 7) is 5.31. The molecule has 0 radical (unpaired) electrons. The van der Waals surface area contributed by atoms with Crippen molar-refractivity contribution in [1.82, 2.24) is 15.2 Å². The van der Waals surface area contributed by atoms with Crippen LogP contribution in [-0.4, -0.2) is 41.5 Å². The first-order valence-corrected chi connectivity index (χ1v) is 12.2. The molecular formula is C25H24ClFN4O2S. The first kappa shape index (κ1) is 23.9. The van der Waals surface area contributed by atoms with E-state index in [0.717, 1.165) is 23.4 Å². The summed E-state index contributed by atoms with van der Waals surface area (Å²) in [5, 5.41) is 8.85. The molecule has 1 aromatic heterocycles. The molecule has 0 bridgehead atoms. The number of amides is 3. The molecule has 1 fully saturated rings. The SMILES string of the molecule is C=CCNC(=O)N1CCC(c2nc(C(=O)Nc3ccc(F)cc3-c3ccc(Cl)cc3)cs2)CC1. The van der Waals surface area contributed by atoms with E-state index in [1.165, 1.54) is 29.5 Å². The second-order valence-electron chi connectivity index (χ2n) is 7.96. The van der Waals surface area contributed by atoms with Gasteiger partial charge in [0.25, 0.3) is 5.91 Å². The lowest BCUT2D eigenvalue weighted by Crippen LogP contribution is -2.44. The summed E-state index contributed by atoms with van der Waals surface area (Å²) < 4.78 is 13.9. The monoisotopic (exact) mass is 498 g/mol. The van der Waals surface area contributed by atoms with Gasteiger partial charge in [0.1, 0.15) is 11.5 Å². The van der Waals surface area contributed by atoms with Gasteiger partial charge < -0.3 is 15.5 Å². The van der Waals surface area contributed by atoms with Gasteiger partial charge in [0, 0.05) is 47.2 Å². The summed E-state index contributed by atoms with van der Waals surface area (Å²) in [6.07, 6.45) is 3.22. The summed E-state index contributed by atoms with van der Waals surface area (Å²) in [4.78, 5) is 31.4. The van der Waals surface area contributed by atoms with Crippen LogP contribution in [0, 0.1) is 5.82 Å². The predicted octanol–water partition coefficient (Wildman–Crippen LogP) is 5.93. The molecule has 3 amide bonds. The third kappa shape index (κ3) is 5.63. The summed E-state index contributed by atoms with van der Waals surface area (Å²) >= 11 is 7.41. The van der Waals surface area contributed by atoms with Gasteiger partial charge in [-0.1, -0.05) is 29.8 Å². The Labute approximate surface area is 206 Å². The first-order valence-electron chi connectivity index (χ1n) is 10.9. The Hall–Kier alpha value is -3.23. The van der Waals surface area contributed by atoms with Gasteiger partial charge in [0.15, 0.2) is 0 Å². The van der Waals surface area contributed by atoms with Gasteiger partial charge in [-0.05, 0) is 48.7 Å². The zero-order chi connectivity index (χ0) is 24.1. The molecule has 2 heterocycles. The van der Waals surface area contributed by atoms with Gasteiger partial charge in [-0.2, -0.15) is 0 Å². The molecule has 1 aliphatic heterocycles. The number of halogens is 2. The zero-order valence-electron chi connectivity index (χ0n) is 18.4. The molecule has 4 rings (SSSR count). The largest absolute Gasteiger partial charge is 0.335 e. The molecule has 6 nitrogen and oxygen atoms in total. The topological polar surface area (TPSA) is 74.3 Å². The van der Waals surface area contributed by atoms with Crippen LogP contribution in [0.25, 0.3) is 11.1 Å². The number of urea groups is 1. The maximum absolute atomic E-state index is 13.9. The molecule has 2 aromatic carbocycles. The lowest BCUT2D eigenvalue weighted by molar-refractivity contribution is 0.102. The molecular weight excluding hydrogens is 475 g/mol. The lowest BCUT2D eigenvalue weighted by atomic mass is 9.98. The fraction of sp³-hybridized carbons (Fsp3) is 0.240. The highest BCUT2D eigenvalue weighted by Gasteiger charge is 2.26. The molecule has 0 atom stereocenters. The minimum absolute atomic E-state index is 0.0895. The molecule has 9 heteroatoms. The predicted molar refractivity (Wildman–Crippen MR) is 134 cm³/mol. The van der Waals surface area contributed by atoms with Crippen LogP contribution < -0.4 is 10.6 Å². The standard InChI is InChI=1S/C25H24ClFN4O2S/c1-2-11-28-25(33)31-12-9-17(10-13-31)24-30-22(15-34-24)23(32)29-21-8-7-19(27)14-20(21)16-3-5-18(26)6-4-16/h2-8,14-15,17H,1,9-13H2,(H,28,33)(H,29,32). The number of hydrogen-bond donors (Lipinski definition) is 2. The van der Waals surface area contributed by atoms with Crippen molar-refractivity contribution in [3.63, 3.8) is 0 Å². The van der Waals surface area contributed by atoms with Gasteiger partial charge in [0.2, 0.25) is 0 Å². The number of nitrogens with zero attached hydrogens (tertiary/aromatic N) is 2. The second-order valence-corrected chi connectivity index (χ2v) is 9.28. The van der Waals surface area contributed by atoms with Crippen molar-refractivity contribution < 1.29 is 14.0 Å². The number of benzene rings is 2. The van der Waals surface area contributed by atoms with E-state index < -0.39 is 5.82 Å². The molecule has 1 saturated heterocycles. The van der Waals surface area contributed by atoms with Crippen molar-refractivity contribution in [2.75, 3.05) is 25.0 Å². The number of thiazole rings is 1. The van der Waals surface area contributed by atoms with Crippen molar-refractivity contribution in [3.8, 4) is 11.1 Å². The average Bonchev–Trinajstić information content (AvgIpc) is 3.35. The lowest BCUT2D eigenvalue weighted by Gasteiger charge is -2.31. The molecule has 2 N–H and O–H groups in total. The minimum atomic E-state index is -0.400. The van der Waals surface area contributed by atoms with E-state index in [4.69, 9.17) is 11.6 Å². The molecule has 0 spiro atoms. The Bertz CT molecular complexity index is 1190. The minimum Gasteiger partial charge on any atom is -0.335 e. The number of piperidine rings is 1. The van der Waals surface area contributed by atoms with Crippen LogP contribution in [0.2, 0.25) is 5.02 Å². The van der Waals surface area contributed by atoms with E-state index in [0.29, 0.717) is 41.6 Å². The van der Waals surface area contributed by atoms with E-state index in [-0.39, 0.29) is 17.9 Å². The average molecular weight is 499 g/mol. The molecule has 3 aromatic rings. The fourth-order valence-corrected chi connectivity index (χ4v) is 4.96. The van der Waals surface area contributed by atoms with E-state index in [2.05, 4.69) is 22.2 Å². The molecule has 0 saturated carbocycles. The van der Waals surface area contributed by atoms with Gasteiger partial charge in [-0.15, -0.1) is 17.9 Å². The highest BCUT2D eigenvalue weighted by Crippen LogP contribution is 2.32. The van der Waals surface area contributed by atoms with Gasteiger partial charge >= 0.3 is 6.03 Å². The zero-order valence-corrected chi connectivity index (χ0v) is 20.0. The Morgan fingerprint density at radius 1 is 1.21 bits per heavy atom. The highest BCUT2D eigenvalue weighted by atomic mass is 35.5. The molecule has 34 heavy (non-hydrogen) atoms. The normalized spacial score (nSPS) is 14.0. The highest BCUT2D eigenvalue weighted by molar-refractivity contribution is 7.10. The quantitative estimate of drug-likeness (QED) is 0.414. The molecule has 0 unspecified atom stereocenters. The van der Waals surface area contributed by atoms with Crippen LogP contribution in [-0.2, 0) is 0 Å². The molecule has 0 aliphatic carbocycles. The summed E-state index contributed by atoms with van der Waals surface area (Å²) in [5.74, 6) is -0.556. The first-order chi connectivity index (χ1) is 16.4. The third-order valence-corrected chi connectivity index (χ3v) is 6.93. The fourth-order valence-electron chi connectivity index (χ4n) is 3.86. The molecule has 1 aliphatic rings. The van der Waals surface area contributed by atoms with Gasteiger partial charge in [-0.25, -0.2) is 14.2 Å². The number of nitrogens with one attached hydrogen (secondary N) is 2. The Balaban J connectivity index is 1.42. The number of rotatable bonds is 6. The van der Waals surface area contributed by atoms with Crippen molar-refractivity contribution in [3.05, 3.63) is 82.0 Å². The third-order valence-electron chi connectivity index (χ3n) is 5.67. The summed E-state index contributed by atoms with van der Waals surface area (Å²) in [7, 11) is 0. The summed E-state index contributed by atoms with van der Waals surface area (Å²) in [6, 6.07) is 11.1. The van der Waals surface area contributed by atoms with E-state index >= 15 is 0 Å². The van der Waals surface area contributed by atoms with Gasteiger partial charge in [0.05, 0.1) is 5.01 Å².